The van der Waals surface area contributed by atoms with Crippen LogP contribution in [0.1, 0.15) is 37.2 Å². The number of hydrogen-bond donors (Lipinski definition) is 1. The predicted molar refractivity (Wildman–Crippen MR) is 77.2 cm³/mol. The summed E-state index contributed by atoms with van der Waals surface area (Å²) >= 11 is 0. The molecule has 0 saturated carbocycles. The Kier molecular flexibility index (Phi) is 4.38. The van der Waals surface area contributed by atoms with Crippen molar-refractivity contribution in [3.05, 3.63) is 36.1 Å². The van der Waals surface area contributed by atoms with Crippen molar-refractivity contribution in [3.8, 4) is 0 Å². The lowest BCUT2D eigenvalue weighted by Crippen LogP contribution is -2.19. The third kappa shape index (κ3) is 3.44. The fourth-order valence-electron chi connectivity index (χ4n) is 2.41. The molecule has 0 aliphatic heterocycles. The van der Waals surface area contributed by atoms with Crippen LogP contribution in [-0.4, -0.2) is 12.3 Å². The minimum atomic E-state index is 0.0484. The number of carbonyl (C=O) groups is 1. The molecule has 1 unspecified atom stereocenters. The van der Waals surface area contributed by atoms with Gasteiger partial charge in [0.15, 0.2) is 11.5 Å². The number of fused-ring (bicyclic) bond motifs is 1. The molecule has 0 spiro atoms. The van der Waals surface area contributed by atoms with Gasteiger partial charge < -0.3 is 10.2 Å². The summed E-state index contributed by atoms with van der Waals surface area (Å²) in [5.74, 6) is 1.29. The van der Waals surface area contributed by atoms with Crippen LogP contribution in [0.4, 0.5) is 0 Å². The molecule has 2 N–H and O–H groups in total. The van der Waals surface area contributed by atoms with Gasteiger partial charge in [-0.1, -0.05) is 32.0 Å². The number of ketones is 1. The number of nitrogens with two attached hydrogens (primary N) is 1. The first-order chi connectivity index (χ1) is 9.10. The van der Waals surface area contributed by atoms with Crippen LogP contribution in [0.2, 0.25) is 0 Å². The van der Waals surface area contributed by atoms with Gasteiger partial charge in [-0.3, -0.25) is 4.79 Å². The van der Waals surface area contributed by atoms with E-state index in [1.54, 1.807) is 0 Å². The molecule has 19 heavy (non-hydrogen) atoms. The topological polar surface area (TPSA) is 56.2 Å². The Labute approximate surface area is 113 Å². The van der Waals surface area contributed by atoms with Crippen molar-refractivity contribution in [2.24, 2.45) is 17.6 Å². The molecule has 0 saturated heterocycles. The summed E-state index contributed by atoms with van der Waals surface area (Å²) in [6.07, 6.45) is 1.44. The van der Waals surface area contributed by atoms with Crippen molar-refractivity contribution in [2.45, 2.75) is 26.7 Å². The summed E-state index contributed by atoms with van der Waals surface area (Å²) < 4.78 is 5.59. The molecule has 0 radical (unpaired) electrons. The van der Waals surface area contributed by atoms with Crippen LogP contribution >= 0.6 is 0 Å². The molecule has 0 aliphatic rings. The van der Waals surface area contributed by atoms with Gasteiger partial charge in [-0.05, 0) is 36.9 Å². The molecular weight excluding hydrogens is 238 g/mol. The van der Waals surface area contributed by atoms with Gasteiger partial charge in [0, 0.05) is 11.8 Å². The monoisotopic (exact) mass is 259 g/mol. The van der Waals surface area contributed by atoms with Crippen LogP contribution < -0.4 is 5.73 Å². The van der Waals surface area contributed by atoms with E-state index in [0.29, 0.717) is 24.6 Å². The Morgan fingerprint density at radius 2 is 2.05 bits per heavy atom. The number of para-hydroxylation sites is 1. The molecule has 2 aromatic rings. The quantitative estimate of drug-likeness (QED) is 0.806. The summed E-state index contributed by atoms with van der Waals surface area (Å²) in [5, 5.41) is 0.971. The molecule has 3 heteroatoms. The molecule has 0 aliphatic carbocycles. The molecule has 1 heterocycles. The summed E-state index contributed by atoms with van der Waals surface area (Å²) in [6, 6.07) is 9.49. The highest BCUT2D eigenvalue weighted by molar-refractivity contribution is 5.97. The Balaban J connectivity index is 2.10. The molecule has 1 aromatic heterocycles. The third-order valence-corrected chi connectivity index (χ3v) is 3.31. The lowest BCUT2D eigenvalue weighted by molar-refractivity contribution is 0.0932. The van der Waals surface area contributed by atoms with E-state index in [1.807, 2.05) is 30.3 Å². The average Bonchev–Trinajstić information content (AvgIpc) is 2.81. The maximum Gasteiger partial charge on any atom is 0.198 e. The van der Waals surface area contributed by atoms with Crippen LogP contribution in [0.5, 0.6) is 0 Å². The van der Waals surface area contributed by atoms with Crippen molar-refractivity contribution in [3.63, 3.8) is 0 Å². The number of benzene rings is 1. The van der Waals surface area contributed by atoms with E-state index in [-0.39, 0.29) is 11.7 Å². The molecule has 0 amide bonds. The van der Waals surface area contributed by atoms with Gasteiger partial charge in [-0.15, -0.1) is 0 Å². The first-order valence-corrected chi connectivity index (χ1v) is 6.82. The van der Waals surface area contributed by atoms with Crippen molar-refractivity contribution in [2.75, 3.05) is 6.54 Å². The zero-order valence-electron chi connectivity index (χ0n) is 11.6. The van der Waals surface area contributed by atoms with Gasteiger partial charge in [0.1, 0.15) is 5.58 Å². The Hall–Kier alpha value is -1.61. The van der Waals surface area contributed by atoms with Crippen molar-refractivity contribution in [1.29, 1.82) is 0 Å². The van der Waals surface area contributed by atoms with Gasteiger partial charge in [0.05, 0.1) is 0 Å². The highest BCUT2D eigenvalue weighted by atomic mass is 16.3. The van der Waals surface area contributed by atoms with E-state index in [4.69, 9.17) is 10.2 Å². The minimum Gasteiger partial charge on any atom is -0.453 e. The fraction of sp³-hybridized carbons (Fsp3) is 0.438. The summed E-state index contributed by atoms with van der Waals surface area (Å²) in [4.78, 5) is 12.2. The zero-order chi connectivity index (χ0) is 13.8. The van der Waals surface area contributed by atoms with Gasteiger partial charge in [0.2, 0.25) is 0 Å². The predicted octanol–water partition coefficient (Wildman–Crippen LogP) is 3.63. The Bertz CT molecular complexity index is 524. The van der Waals surface area contributed by atoms with E-state index in [2.05, 4.69) is 13.8 Å². The normalized spacial score (nSPS) is 13.1. The van der Waals surface area contributed by atoms with E-state index in [0.717, 1.165) is 17.4 Å². The number of hydrogen-bond acceptors (Lipinski definition) is 3. The number of rotatable bonds is 6. The molecule has 2 rings (SSSR count). The highest BCUT2D eigenvalue weighted by Gasteiger charge is 2.18. The minimum absolute atomic E-state index is 0.0484. The van der Waals surface area contributed by atoms with E-state index in [9.17, 15) is 4.79 Å². The van der Waals surface area contributed by atoms with Crippen LogP contribution in [-0.2, 0) is 0 Å². The number of furan rings is 1. The van der Waals surface area contributed by atoms with Crippen LogP contribution in [0, 0.1) is 11.8 Å². The maximum atomic E-state index is 12.2. The van der Waals surface area contributed by atoms with Crippen LogP contribution in [0.25, 0.3) is 11.0 Å². The molecule has 0 bridgehead atoms. The Morgan fingerprint density at radius 3 is 2.68 bits per heavy atom. The van der Waals surface area contributed by atoms with E-state index >= 15 is 0 Å². The van der Waals surface area contributed by atoms with Crippen LogP contribution in [0.3, 0.4) is 0 Å². The lowest BCUT2D eigenvalue weighted by atomic mass is 9.92. The summed E-state index contributed by atoms with van der Waals surface area (Å²) in [6.45, 7) is 4.84. The van der Waals surface area contributed by atoms with Gasteiger partial charge in [-0.25, -0.2) is 0 Å². The van der Waals surface area contributed by atoms with Crippen molar-refractivity contribution < 1.29 is 9.21 Å². The van der Waals surface area contributed by atoms with Crippen molar-refractivity contribution >= 4 is 16.8 Å². The van der Waals surface area contributed by atoms with Crippen molar-refractivity contribution in [1.82, 2.24) is 0 Å². The van der Waals surface area contributed by atoms with Gasteiger partial charge >= 0.3 is 0 Å². The first-order valence-electron chi connectivity index (χ1n) is 6.82. The largest absolute Gasteiger partial charge is 0.453 e. The second-order valence-electron chi connectivity index (χ2n) is 5.51. The molecular formula is C16H21NO2. The summed E-state index contributed by atoms with van der Waals surface area (Å²) in [5.41, 5.74) is 6.50. The molecule has 1 atom stereocenters. The second kappa shape index (κ2) is 6.02. The molecule has 0 fully saturated rings. The van der Waals surface area contributed by atoms with E-state index in [1.165, 1.54) is 0 Å². The summed E-state index contributed by atoms with van der Waals surface area (Å²) in [7, 11) is 0. The zero-order valence-corrected chi connectivity index (χ0v) is 11.6. The number of Topliss-reactive ketones (excluding diaryl/α,β-unsaturated/α-hetero) is 1. The standard InChI is InChI=1S/C16H21NO2/c1-11(2)7-12(10-17)8-14(18)16-9-13-5-3-4-6-15(13)19-16/h3-6,9,11-12H,7-8,10,17H2,1-2H3. The molecule has 1 aromatic carbocycles. The fourth-order valence-corrected chi connectivity index (χ4v) is 2.41. The molecule has 3 nitrogen and oxygen atoms in total. The average molecular weight is 259 g/mol. The Morgan fingerprint density at radius 1 is 1.32 bits per heavy atom. The highest BCUT2D eigenvalue weighted by Crippen LogP contribution is 2.22. The van der Waals surface area contributed by atoms with Gasteiger partial charge in [0.25, 0.3) is 0 Å². The lowest BCUT2D eigenvalue weighted by Gasteiger charge is -2.15. The SMILES string of the molecule is CC(C)CC(CN)CC(=O)c1cc2ccccc2o1. The maximum absolute atomic E-state index is 12.2. The smallest absolute Gasteiger partial charge is 0.198 e. The first kappa shape index (κ1) is 13.8. The van der Waals surface area contributed by atoms with Crippen LogP contribution in [0.15, 0.2) is 34.7 Å². The molecule has 102 valence electrons. The van der Waals surface area contributed by atoms with Gasteiger partial charge in [-0.2, -0.15) is 0 Å². The van der Waals surface area contributed by atoms with E-state index < -0.39 is 0 Å². The second-order valence-corrected chi connectivity index (χ2v) is 5.51. The third-order valence-electron chi connectivity index (χ3n) is 3.31. The number of carbonyl (C=O) groups excluding carboxylic acids is 1.